The zero-order chi connectivity index (χ0) is 12.6. The molecule has 0 rings (SSSR count). The lowest BCUT2D eigenvalue weighted by Crippen LogP contribution is -2.35. The molecule has 0 radical (unpaired) electrons. The molecule has 0 saturated heterocycles. The second kappa shape index (κ2) is 11.0. The van der Waals surface area contributed by atoms with Gasteiger partial charge in [0.15, 0.2) is 0 Å². The molecule has 102 valence electrons. The summed E-state index contributed by atoms with van der Waals surface area (Å²) in [4.78, 5) is 21.5. The van der Waals surface area contributed by atoms with E-state index in [0.29, 0.717) is 12.4 Å². The Labute approximate surface area is 114 Å². The van der Waals surface area contributed by atoms with Gasteiger partial charge in [-0.25, -0.2) is 0 Å². The molecule has 0 unspecified atom stereocenters. The molecule has 2 atom stereocenters. The van der Waals surface area contributed by atoms with Gasteiger partial charge in [-0.3, -0.25) is 9.59 Å². The van der Waals surface area contributed by atoms with Crippen LogP contribution < -0.4 is 11.5 Å². The molecule has 5 N–H and O–H groups in total. The summed E-state index contributed by atoms with van der Waals surface area (Å²) in [6.45, 7) is 2.01. The number of carboxylic acids is 1. The molecule has 0 amide bonds. The van der Waals surface area contributed by atoms with Gasteiger partial charge in [0.1, 0.15) is 12.1 Å². The van der Waals surface area contributed by atoms with Gasteiger partial charge in [-0.15, -0.1) is 12.4 Å². The van der Waals surface area contributed by atoms with Crippen LogP contribution in [0.15, 0.2) is 0 Å². The zero-order valence-corrected chi connectivity index (χ0v) is 11.8. The van der Waals surface area contributed by atoms with E-state index < -0.39 is 24.0 Å². The number of hydrogen-bond acceptors (Lipinski definition) is 7. The maximum atomic E-state index is 11.1. The predicted molar refractivity (Wildman–Crippen MR) is 72.4 cm³/mol. The minimum atomic E-state index is -1.04. The van der Waals surface area contributed by atoms with Gasteiger partial charge in [-0.05, 0) is 6.92 Å². The van der Waals surface area contributed by atoms with Crippen LogP contribution in [0.1, 0.15) is 6.92 Å². The van der Waals surface area contributed by atoms with Gasteiger partial charge >= 0.3 is 11.9 Å². The van der Waals surface area contributed by atoms with Crippen LogP contribution >= 0.6 is 34.0 Å². The highest BCUT2D eigenvalue weighted by atomic mass is 35.5. The first-order chi connectivity index (χ1) is 7.49. The molecule has 0 heterocycles. The van der Waals surface area contributed by atoms with Crippen LogP contribution in [0.25, 0.3) is 0 Å². The average molecular weight is 305 g/mol. The second-order valence-electron chi connectivity index (χ2n) is 2.87. The molecule has 0 aromatic heterocycles. The first-order valence-electron chi connectivity index (χ1n) is 4.64. The van der Waals surface area contributed by atoms with Crippen molar-refractivity contribution in [2.75, 3.05) is 18.1 Å². The van der Waals surface area contributed by atoms with Crippen molar-refractivity contribution in [1.82, 2.24) is 0 Å². The summed E-state index contributed by atoms with van der Waals surface area (Å²) in [5, 5.41) is 8.50. The molecule has 6 nitrogen and oxygen atoms in total. The van der Waals surface area contributed by atoms with Crippen molar-refractivity contribution in [2.45, 2.75) is 19.0 Å². The monoisotopic (exact) mass is 304 g/mol. The van der Waals surface area contributed by atoms with Crippen molar-refractivity contribution in [3.63, 3.8) is 0 Å². The third kappa shape index (κ3) is 9.54. The van der Waals surface area contributed by atoms with Crippen LogP contribution in [0.4, 0.5) is 0 Å². The Balaban J connectivity index is 0. The van der Waals surface area contributed by atoms with E-state index in [4.69, 9.17) is 21.3 Å². The topological polar surface area (TPSA) is 116 Å². The van der Waals surface area contributed by atoms with Crippen LogP contribution in [-0.2, 0) is 14.3 Å². The predicted octanol–water partition coefficient (Wildman–Crippen LogP) is 0.0919. The van der Waals surface area contributed by atoms with Crippen LogP contribution in [-0.4, -0.2) is 47.2 Å². The number of rotatable bonds is 8. The maximum absolute atomic E-state index is 11.1. The average Bonchev–Trinajstić information content (AvgIpc) is 2.23. The van der Waals surface area contributed by atoms with E-state index in [2.05, 4.69) is 0 Å². The highest BCUT2D eigenvalue weighted by Gasteiger charge is 2.16. The number of nitrogens with two attached hydrogens (primary N) is 2. The molecular weight excluding hydrogens is 288 g/mol. The minimum absolute atomic E-state index is 0. The quantitative estimate of drug-likeness (QED) is 0.328. The molecule has 0 aliphatic carbocycles. The second-order valence-corrected chi connectivity index (χ2v) is 5.42. The molecule has 0 aliphatic heterocycles. The van der Waals surface area contributed by atoms with Gasteiger partial charge in [0.05, 0.1) is 6.61 Å². The number of carbonyl (C=O) groups excluding carboxylic acids is 1. The van der Waals surface area contributed by atoms with Crippen LogP contribution in [0.2, 0.25) is 0 Å². The molecule has 0 aliphatic rings. The maximum Gasteiger partial charge on any atom is 0.323 e. The van der Waals surface area contributed by atoms with Crippen molar-refractivity contribution < 1.29 is 19.4 Å². The van der Waals surface area contributed by atoms with Gasteiger partial charge in [-0.1, -0.05) is 21.6 Å². The van der Waals surface area contributed by atoms with Crippen molar-refractivity contribution >= 4 is 45.9 Å². The number of halogens is 1. The lowest BCUT2D eigenvalue weighted by atomic mass is 10.4. The summed E-state index contributed by atoms with van der Waals surface area (Å²) in [5.41, 5.74) is 10.8. The summed E-state index contributed by atoms with van der Waals surface area (Å²) in [6.07, 6.45) is 0. The molecular formula is C8H17ClN2O4S2. The minimum Gasteiger partial charge on any atom is -0.480 e. The molecule has 17 heavy (non-hydrogen) atoms. The number of aliphatic carboxylic acids is 1. The Morgan fingerprint density at radius 2 is 1.71 bits per heavy atom. The number of carbonyl (C=O) groups is 2. The molecule has 0 saturated carbocycles. The largest absolute Gasteiger partial charge is 0.480 e. The molecule has 9 heteroatoms. The van der Waals surface area contributed by atoms with Gasteiger partial charge in [0, 0.05) is 11.5 Å². The summed E-state index contributed by atoms with van der Waals surface area (Å²) >= 11 is 0. The van der Waals surface area contributed by atoms with Crippen LogP contribution in [0.3, 0.4) is 0 Å². The van der Waals surface area contributed by atoms with Gasteiger partial charge < -0.3 is 21.3 Å². The summed E-state index contributed by atoms with van der Waals surface area (Å²) < 4.78 is 4.71. The summed E-state index contributed by atoms with van der Waals surface area (Å²) in [6, 6.07) is -1.57. The SMILES string of the molecule is CCOC(=O)[C@@H](N)CSSC[C@H](N)C(=O)O.Cl. The highest BCUT2D eigenvalue weighted by molar-refractivity contribution is 8.76. The van der Waals surface area contributed by atoms with Crippen molar-refractivity contribution in [3.8, 4) is 0 Å². The molecule has 0 aromatic carbocycles. The standard InChI is InChI=1S/C8H16N2O4S2.ClH/c1-2-14-8(13)6(10)4-16-15-3-5(9)7(11)12;/h5-6H,2-4,9-10H2,1H3,(H,11,12);1H/t5-,6-;/m0./s1. The Morgan fingerprint density at radius 3 is 2.12 bits per heavy atom. The van der Waals surface area contributed by atoms with Gasteiger partial charge in [-0.2, -0.15) is 0 Å². The zero-order valence-electron chi connectivity index (χ0n) is 9.33. The fraction of sp³-hybridized carbons (Fsp3) is 0.750. The first-order valence-corrected chi connectivity index (χ1v) is 7.12. The van der Waals surface area contributed by atoms with Crippen molar-refractivity contribution in [2.24, 2.45) is 11.5 Å². The van der Waals surface area contributed by atoms with E-state index in [-0.39, 0.29) is 18.2 Å². The van der Waals surface area contributed by atoms with Crippen molar-refractivity contribution in [3.05, 3.63) is 0 Å². The van der Waals surface area contributed by atoms with E-state index in [1.54, 1.807) is 6.92 Å². The first kappa shape index (κ1) is 19.2. The fourth-order valence-corrected chi connectivity index (χ4v) is 2.85. The van der Waals surface area contributed by atoms with Crippen LogP contribution in [0.5, 0.6) is 0 Å². The molecule has 0 aromatic rings. The van der Waals surface area contributed by atoms with Crippen molar-refractivity contribution in [1.29, 1.82) is 0 Å². The van der Waals surface area contributed by atoms with E-state index in [0.717, 1.165) is 0 Å². The number of esters is 1. The van der Waals surface area contributed by atoms with Crippen LogP contribution in [0, 0.1) is 0 Å². The highest BCUT2D eigenvalue weighted by Crippen LogP contribution is 2.22. The third-order valence-corrected chi connectivity index (χ3v) is 3.96. The number of ether oxygens (including phenoxy) is 1. The Bertz CT molecular complexity index is 246. The smallest absolute Gasteiger partial charge is 0.323 e. The third-order valence-electron chi connectivity index (χ3n) is 1.49. The van der Waals surface area contributed by atoms with Gasteiger partial charge in [0.2, 0.25) is 0 Å². The lowest BCUT2D eigenvalue weighted by Gasteiger charge is -2.10. The fourth-order valence-electron chi connectivity index (χ4n) is 0.631. The molecule has 0 spiro atoms. The number of carboxylic acid groups (broad SMARTS) is 1. The van der Waals surface area contributed by atoms with E-state index >= 15 is 0 Å². The van der Waals surface area contributed by atoms with E-state index in [1.165, 1.54) is 21.6 Å². The Morgan fingerprint density at radius 1 is 1.24 bits per heavy atom. The number of hydrogen-bond donors (Lipinski definition) is 3. The Hall–Kier alpha value is -0.150. The molecule has 0 bridgehead atoms. The van der Waals surface area contributed by atoms with E-state index in [9.17, 15) is 9.59 Å². The van der Waals surface area contributed by atoms with E-state index in [1.807, 2.05) is 0 Å². The Kier molecular flexibility index (Phi) is 12.4. The summed E-state index contributed by atoms with van der Waals surface area (Å²) in [7, 11) is 2.59. The summed E-state index contributed by atoms with van der Waals surface area (Å²) in [5.74, 6) is -0.841. The lowest BCUT2D eigenvalue weighted by molar-refractivity contribution is -0.144. The normalized spacial score (nSPS) is 13.4. The van der Waals surface area contributed by atoms with Gasteiger partial charge in [0.25, 0.3) is 0 Å². The molecule has 0 fully saturated rings.